The molecule has 0 saturated carbocycles. The van der Waals surface area contributed by atoms with Gasteiger partial charge >= 0.3 is 5.97 Å². The van der Waals surface area contributed by atoms with Crippen molar-refractivity contribution in [1.29, 1.82) is 0 Å². The second-order valence-corrected chi connectivity index (χ2v) is 4.72. The molecular weight excluding hydrogens is 224 g/mol. The molecule has 1 unspecified atom stereocenters. The van der Waals surface area contributed by atoms with Crippen molar-refractivity contribution in [2.24, 2.45) is 5.92 Å². The number of hydrogen-bond donors (Lipinski definition) is 3. The monoisotopic (exact) mass is 242 g/mol. The fourth-order valence-electron chi connectivity index (χ4n) is 2.30. The Labute approximate surface area is 99.7 Å². The largest absolute Gasteiger partial charge is 0.479 e. The van der Waals surface area contributed by atoms with Crippen LogP contribution in [0.5, 0.6) is 0 Å². The molecule has 2 rings (SSSR count). The Balaban J connectivity index is 1.98. The Hall–Kier alpha value is -1.14. The number of aliphatic carboxylic acids is 1. The Morgan fingerprint density at radius 1 is 1.47 bits per heavy atom. The zero-order chi connectivity index (χ0) is 12.3. The van der Waals surface area contributed by atoms with E-state index in [2.05, 4.69) is 10.6 Å². The smallest absolute Gasteiger partial charge is 0.331 e. The minimum Gasteiger partial charge on any atom is -0.479 e. The van der Waals surface area contributed by atoms with E-state index in [0.717, 1.165) is 19.4 Å². The average Bonchev–Trinajstić information content (AvgIpc) is 2.80. The van der Waals surface area contributed by atoms with Crippen LogP contribution in [0, 0.1) is 5.92 Å². The molecule has 0 aromatic rings. The van der Waals surface area contributed by atoms with Crippen LogP contribution in [0.3, 0.4) is 0 Å². The van der Waals surface area contributed by atoms with Gasteiger partial charge in [-0.05, 0) is 19.4 Å². The van der Waals surface area contributed by atoms with Crippen LogP contribution in [0.2, 0.25) is 0 Å². The third-order valence-corrected chi connectivity index (χ3v) is 3.46. The molecule has 96 valence electrons. The molecule has 2 atom stereocenters. The van der Waals surface area contributed by atoms with Gasteiger partial charge in [0.15, 0.2) is 5.54 Å². The van der Waals surface area contributed by atoms with E-state index in [1.165, 1.54) is 0 Å². The Morgan fingerprint density at radius 3 is 2.82 bits per heavy atom. The van der Waals surface area contributed by atoms with Crippen molar-refractivity contribution in [1.82, 2.24) is 10.6 Å². The molecule has 2 heterocycles. The molecule has 1 amide bonds. The molecule has 6 nitrogen and oxygen atoms in total. The van der Waals surface area contributed by atoms with Gasteiger partial charge in [-0.2, -0.15) is 0 Å². The highest BCUT2D eigenvalue weighted by Crippen LogP contribution is 2.20. The van der Waals surface area contributed by atoms with Gasteiger partial charge in [-0.3, -0.25) is 4.79 Å². The van der Waals surface area contributed by atoms with E-state index in [0.29, 0.717) is 19.6 Å². The van der Waals surface area contributed by atoms with Crippen LogP contribution < -0.4 is 10.6 Å². The summed E-state index contributed by atoms with van der Waals surface area (Å²) < 4.78 is 5.10. The van der Waals surface area contributed by atoms with E-state index in [1.807, 2.05) is 0 Å². The molecule has 2 fully saturated rings. The van der Waals surface area contributed by atoms with Crippen molar-refractivity contribution < 1.29 is 19.4 Å². The molecule has 2 aliphatic heterocycles. The molecule has 0 radical (unpaired) electrons. The van der Waals surface area contributed by atoms with Gasteiger partial charge in [0.1, 0.15) is 0 Å². The number of carboxylic acids is 1. The number of amides is 1. The first-order chi connectivity index (χ1) is 8.14. The Kier molecular flexibility index (Phi) is 3.63. The van der Waals surface area contributed by atoms with Crippen molar-refractivity contribution in [2.75, 3.05) is 26.3 Å². The summed E-state index contributed by atoms with van der Waals surface area (Å²) in [5, 5.41) is 15.0. The van der Waals surface area contributed by atoms with Crippen molar-refractivity contribution in [3.63, 3.8) is 0 Å². The SMILES string of the molecule is O=C(NC1(C(=O)O)CCOC1)[C@H]1CCCNC1. The van der Waals surface area contributed by atoms with Crippen molar-refractivity contribution in [3.05, 3.63) is 0 Å². The molecule has 0 bridgehead atoms. The number of rotatable bonds is 3. The third-order valence-electron chi connectivity index (χ3n) is 3.46. The molecule has 0 spiro atoms. The van der Waals surface area contributed by atoms with Crippen LogP contribution in [-0.4, -0.2) is 48.8 Å². The van der Waals surface area contributed by atoms with Crippen LogP contribution in [-0.2, 0) is 14.3 Å². The lowest BCUT2D eigenvalue weighted by molar-refractivity contribution is -0.148. The van der Waals surface area contributed by atoms with E-state index in [4.69, 9.17) is 4.74 Å². The molecule has 0 aromatic heterocycles. The molecule has 2 saturated heterocycles. The van der Waals surface area contributed by atoms with E-state index in [-0.39, 0.29) is 18.4 Å². The highest BCUT2D eigenvalue weighted by molar-refractivity contribution is 5.88. The molecule has 6 heteroatoms. The summed E-state index contributed by atoms with van der Waals surface area (Å²) in [6.07, 6.45) is 2.11. The van der Waals surface area contributed by atoms with Crippen molar-refractivity contribution >= 4 is 11.9 Å². The summed E-state index contributed by atoms with van der Waals surface area (Å²) in [6.45, 7) is 2.00. The topological polar surface area (TPSA) is 87.7 Å². The maximum atomic E-state index is 12.0. The summed E-state index contributed by atoms with van der Waals surface area (Å²) in [7, 11) is 0. The number of nitrogens with one attached hydrogen (secondary N) is 2. The standard InChI is InChI=1S/C11H18N2O4/c14-9(8-2-1-4-12-6-8)13-11(10(15)16)3-5-17-7-11/h8,12H,1-7H2,(H,13,14)(H,15,16)/t8-,11?/m0/s1. The number of hydrogen-bond acceptors (Lipinski definition) is 4. The van der Waals surface area contributed by atoms with E-state index in [1.54, 1.807) is 0 Å². The summed E-state index contributed by atoms with van der Waals surface area (Å²) in [6, 6.07) is 0. The van der Waals surface area contributed by atoms with Crippen molar-refractivity contribution in [2.45, 2.75) is 24.8 Å². The first-order valence-corrected chi connectivity index (χ1v) is 5.98. The summed E-state index contributed by atoms with van der Waals surface area (Å²) >= 11 is 0. The highest BCUT2D eigenvalue weighted by Gasteiger charge is 2.44. The number of piperidine rings is 1. The molecule has 2 aliphatic rings. The van der Waals surface area contributed by atoms with Gasteiger partial charge in [0.2, 0.25) is 5.91 Å². The van der Waals surface area contributed by atoms with Gasteiger partial charge in [0.25, 0.3) is 0 Å². The van der Waals surface area contributed by atoms with Crippen molar-refractivity contribution in [3.8, 4) is 0 Å². The zero-order valence-corrected chi connectivity index (χ0v) is 9.70. The Bertz CT molecular complexity index is 307. The summed E-state index contributed by atoms with van der Waals surface area (Å²) in [5.74, 6) is -1.31. The fraction of sp³-hybridized carbons (Fsp3) is 0.818. The Morgan fingerprint density at radius 2 is 2.29 bits per heavy atom. The highest BCUT2D eigenvalue weighted by atomic mass is 16.5. The first kappa shape index (κ1) is 12.3. The van der Waals surface area contributed by atoms with Gasteiger partial charge in [-0.25, -0.2) is 4.79 Å². The fourth-order valence-corrected chi connectivity index (χ4v) is 2.30. The predicted molar refractivity (Wildman–Crippen MR) is 59.5 cm³/mol. The maximum Gasteiger partial charge on any atom is 0.331 e. The lowest BCUT2D eigenvalue weighted by Gasteiger charge is -2.28. The number of carboxylic acid groups (broad SMARTS) is 1. The summed E-state index contributed by atoms with van der Waals surface area (Å²) in [5.41, 5.74) is -1.21. The molecule has 3 N–H and O–H groups in total. The average molecular weight is 242 g/mol. The van der Waals surface area contributed by atoms with Crippen LogP contribution in [0.1, 0.15) is 19.3 Å². The predicted octanol–water partition coefficient (Wildman–Crippen LogP) is -0.654. The van der Waals surface area contributed by atoms with Gasteiger partial charge in [0.05, 0.1) is 12.5 Å². The molecule has 0 aromatic carbocycles. The third kappa shape index (κ3) is 2.58. The summed E-state index contributed by atoms with van der Waals surface area (Å²) in [4.78, 5) is 23.2. The number of ether oxygens (including phenoxy) is 1. The first-order valence-electron chi connectivity index (χ1n) is 5.98. The van der Waals surface area contributed by atoms with Crippen LogP contribution in [0.15, 0.2) is 0 Å². The molecule has 0 aliphatic carbocycles. The van der Waals surface area contributed by atoms with Crippen LogP contribution in [0.25, 0.3) is 0 Å². The zero-order valence-electron chi connectivity index (χ0n) is 9.70. The van der Waals surface area contributed by atoms with Gasteiger partial charge in [-0.15, -0.1) is 0 Å². The minimum atomic E-state index is -1.21. The van der Waals surface area contributed by atoms with Gasteiger partial charge in [0, 0.05) is 19.6 Å². The van der Waals surface area contributed by atoms with Gasteiger partial charge in [-0.1, -0.05) is 0 Å². The lowest BCUT2D eigenvalue weighted by atomic mass is 9.94. The molecular formula is C11H18N2O4. The van der Waals surface area contributed by atoms with E-state index in [9.17, 15) is 14.7 Å². The normalized spacial score (nSPS) is 33.3. The van der Waals surface area contributed by atoms with E-state index >= 15 is 0 Å². The minimum absolute atomic E-state index is 0.0637. The van der Waals surface area contributed by atoms with E-state index < -0.39 is 11.5 Å². The van der Waals surface area contributed by atoms with Crippen LogP contribution in [0.4, 0.5) is 0 Å². The quantitative estimate of drug-likeness (QED) is 0.612. The maximum absolute atomic E-state index is 12.0. The van der Waals surface area contributed by atoms with Gasteiger partial charge < -0.3 is 20.5 Å². The second kappa shape index (κ2) is 5.01. The molecule has 17 heavy (non-hydrogen) atoms. The lowest BCUT2D eigenvalue weighted by Crippen LogP contribution is -2.57. The second-order valence-electron chi connectivity index (χ2n) is 4.72. The number of carbonyl (C=O) groups is 2. The van der Waals surface area contributed by atoms with Crippen LogP contribution >= 0.6 is 0 Å². The number of carbonyl (C=O) groups excluding carboxylic acids is 1.